The third-order valence-electron chi connectivity index (χ3n) is 3.36. The summed E-state index contributed by atoms with van der Waals surface area (Å²) in [4.78, 5) is 0.394. The van der Waals surface area contributed by atoms with Gasteiger partial charge in [0.2, 0.25) is 0 Å². The van der Waals surface area contributed by atoms with Crippen LogP contribution in [0.15, 0.2) is 16.6 Å². The van der Waals surface area contributed by atoms with E-state index in [2.05, 4.69) is 37.9 Å². The fourth-order valence-corrected chi connectivity index (χ4v) is 3.85. The lowest BCUT2D eigenvalue weighted by molar-refractivity contribution is 0.310. The summed E-state index contributed by atoms with van der Waals surface area (Å²) in [6, 6.07) is 4.03. The summed E-state index contributed by atoms with van der Waals surface area (Å²) in [6.07, 6.45) is 3.95. The maximum Gasteiger partial charge on any atom is 0.161 e. The van der Waals surface area contributed by atoms with Gasteiger partial charge in [0.1, 0.15) is 0 Å². The molecule has 1 atom stereocenters. The van der Waals surface area contributed by atoms with Crippen molar-refractivity contribution in [2.24, 2.45) is 5.92 Å². The molecule has 1 aliphatic carbocycles. The second-order valence-corrected chi connectivity index (χ2v) is 6.16. The van der Waals surface area contributed by atoms with Crippen LogP contribution >= 0.6 is 31.9 Å². The molecular weight excluding hydrogens is 348 g/mol. The Morgan fingerprint density at radius 2 is 1.76 bits per heavy atom. The van der Waals surface area contributed by atoms with E-state index in [1.165, 1.54) is 24.8 Å². The van der Waals surface area contributed by atoms with Crippen LogP contribution in [0.5, 0.6) is 11.5 Å². The van der Waals surface area contributed by atoms with Crippen LogP contribution in [-0.2, 0) is 0 Å². The molecule has 0 saturated heterocycles. The molecule has 1 aromatic rings. The molecule has 1 saturated carbocycles. The molecule has 1 fully saturated rings. The van der Waals surface area contributed by atoms with Crippen molar-refractivity contribution in [3.8, 4) is 11.5 Å². The molecule has 17 heavy (non-hydrogen) atoms. The summed E-state index contributed by atoms with van der Waals surface area (Å²) >= 11 is 7.41. The highest BCUT2D eigenvalue weighted by Crippen LogP contribution is 2.47. The molecule has 1 aromatic carbocycles. The summed E-state index contributed by atoms with van der Waals surface area (Å²) in [5.41, 5.74) is 1.24. The highest BCUT2D eigenvalue weighted by atomic mass is 79.9. The minimum absolute atomic E-state index is 0.394. The van der Waals surface area contributed by atoms with Crippen LogP contribution in [0.2, 0.25) is 0 Å². The van der Waals surface area contributed by atoms with Gasteiger partial charge in [0, 0.05) is 9.30 Å². The Labute approximate surface area is 119 Å². The van der Waals surface area contributed by atoms with Crippen LogP contribution in [0.1, 0.15) is 29.7 Å². The summed E-state index contributed by atoms with van der Waals surface area (Å²) < 4.78 is 11.7. The van der Waals surface area contributed by atoms with Crippen LogP contribution in [0, 0.1) is 5.92 Å². The first-order chi connectivity index (χ1) is 8.17. The molecule has 0 spiro atoms. The zero-order valence-corrected chi connectivity index (χ0v) is 13.2. The zero-order valence-electron chi connectivity index (χ0n) is 10.0. The fraction of sp³-hybridized carbons (Fsp3) is 0.538. The molecular formula is C13H16Br2O2. The van der Waals surface area contributed by atoms with Crippen molar-refractivity contribution in [1.82, 2.24) is 0 Å². The quantitative estimate of drug-likeness (QED) is 0.721. The second-order valence-electron chi connectivity index (χ2n) is 4.32. The maximum absolute atomic E-state index is 5.35. The van der Waals surface area contributed by atoms with Crippen molar-refractivity contribution in [3.63, 3.8) is 0 Å². The van der Waals surface area contributed by atoms with E-state index in [1.54, 1.807) is 14.2 Å². The van der Waals surface area contributed by atoms with E-state index in [1.807, 2.05) is 6.07 Å². The van der Waals surface area contributed by atoms with Crippen LogP contribution in [-0.4, -0.2) is 14.2 Å². The molecule has 94 valence electrons. The van der Waals surface area contributed by atoms with Crippen molar-refractivity contribution in [2.45, 2.75) is 24.1 Å². The summed E-state index contributed by atoms with van der Waals surface area (Å²) in [7, 11) is 3.32. The van der Waals surface area contributed by atoms with Crippen molar-refractivity contribution < 1.29 is 9.47 Å². The number of hydrogen-bond donors (Lipinski definition) is 0. The van der Waals surface area contributed by atoms with Crippen molar-refractivity contribution in [3.05, 3.63) is 22.2 Å². The maximum atomic E-state index is 5.35. The molecule has 0 heterocycles. The van der Waals surface area contributed by atoms with Crippen molar-refractivity contribution in [2.75, 3.05) is 14.2 Å². The molecule has 2 rings (SSSR count). The van der Waals surface area contributed by atoms with E-state index in [0.717, 1.165) is 21.9 Å². The molecule has 4 heteroatoms. The fourth-order valence-electron chi connectivity index (χ4n) is 2.07. The van der Waals surface area contributed by atoms with Crippen LogP contribution in [0.25, 0.3) is 0 Å². The number of methoxy groups -OCH3 is 2. The Bertz CT molecular complexity index is 403. The Balaban J connectivity index is 2.32. The van der Waals surface area contributed by atoms with E-state index in [4.69, 9.17) is 9.47 Å². The smallest absolute Gasteiger partial charge is 0.161 e. The van der Waals surface area contributed by atoms with Gasteiger partial charge in [-0.15, -0.1) is 0 Å². The van der Waals surface area contributed by atoms with Gasteiger partial charge in [-0.25, -0.2) is 0 Å². The second kappa shape index (κ2) is 5.61. The predicted octanol–water partition coefficient (Wildman–Crippen LogP) is 4.70. The van der Waals surface area contributed by atoms with Crippen LogP contribution in [0.4, 0.5) is 0 Å². The van der Waals surface area contributed by atoms with Gasteiger partial charge < -0.3 is 9.47 Å². The summed E-state index contributed by atoms with van der Waals surface area (Å²) in [5, 5.41) is 0. The lowest BCUT2D eigenvalue weighted by Gasteiger charge is -2.31. The number of rotatable bonds is 4. The van der Waals surface area contributed by atoms with Gasteiger partial charge in [0.15, 0.2) is 11.5 Å². The van der Waals surface area contributed by atoms with Gasteiger partial charge in [-0.1, -0.05) is 38.3 Å². The standard InChI is InChI=1S/C13H16Br2O2/c1-16-11-6-9(10(14)7-12(11)17-2)13(15)8-4-3-5-8/h6-8,13H,3-5H2,1-2H3. The Morgan fingerprint density at radius 1 is 1.18 bits per heavy atom. The van der Waals surface area contributed by atoms with Gasteiger partial charge in [-0.05, 0) is 36.5 Å². The van der Waals surface area contributed by atoms with E-state index >= 15 is 0 Å². The van der Waals surface area contributed by atoms with Gasteiger partial charge >= 0.3 is 0 Å². The minimum atomic E-state index is 0.394. The van der Waals surface area contributed by atoms with Gasteiger partial charge in [-0.3, -0.25) is 0 Å². The average molecular weight is 364 g/mol. The first-order valence-corrected chi connectivity index (χ1v) is 7.43. The van der Waals surface area contributed by atoms with Crippen molar-refractivity contribution >= 4 is 31.9 Å². The lowest BCUT2D eigenvalue weighted by Crippen LogP contribution is -2.16. The van der Waals surface area contributed by atoms with E-state index in [9.17, 15) is 0 Å². The molecule has 0 amide bonds. The Kier molecular flexibility index (Phi) is 4.36. The Morgan fingerprint density at radius 3 is 2.24 bits per heavy atom. The number of hydrogen-bond acceptors (Lipinski definition) is 2. The minimum Gasteiger partial charge on any atom is -0.493 e. The molecule has 2 nitrogen and oxygen atoms in total. The molecule has 0 aromatic heterocycles. The monoisotopic (exact) mass is 362 g/mol. The van der Waals surface area contributed by atoms with Crippen LogP contribution in [0.3, 0.4) is 0 Å². The van der Waals surface area contributed by atoms with Crippen LogP contribution < -0.4 is 9.47 Å². The molecule has 0 N–H and O–H groups in total. The lowest BCUT2D eigenvalue weighted by atomic mass is 9.81. The first kappa shape index (κ1) is 13.2. The SMILES string of the molecule is COc1cc(Br)c(C(Br)C2CCC2)cc1OC. The van der Waals surface area contributed by atoms with Crippen molar-refractivity contribution in [1.29, 1.82) is 0 Å². The molecule has 1 unspecified atom stereocenters. The van der Waals surface area contributed by atoms with Gasteiger partial charge in [0.05, 0.1) is 14.2 Å². The topological polar surface area (TPSA) is 18.5 Å². The summed E-state index contributed by atoms with van der Waals surface area (Å²) in [5.74, 6) is 2.29. The average Bonchev–Trinajstić information content (AvgIpc) is 2.26. The zero-order chi connectivity index (χ0) is 12.4. The van der Waals surface area contributed by atoms with E-state index in [0.29, 0.717) is 4.83 Å². The molecule has 0 aliphatic heterocycles. The molecule has 1 aliphatic rings. The highest BCUT2D eigenvalue weighted by Gasteiger charge is 2.28. The highest BCUT2D eigenvalue weighted by molar-refractivity contribution is 9.11. The first-order valence-electron chi connectivity index (χ1n) is 5.73. The largest absolute Gasteiger partial charge is 0.493 e. The predicted molar refractivity (Wildman–Crippen MR) is 76.3 cm³/mol. The van der Waals surface area contributed by atoms with E-state index < -0.39 is 0 Å². The number of ether oxygens (including phenoxy) is 2. The number of benzene rings is 1. The third-order valence-corrected chi connectivity index (χ3v) is 5.29. The third kappa shape index (κ3) is 2.63. The number of alkyl halides is 1. The van der Waals surface area contributed by atoms with E-state index in [-0.39, 0.29) is 0 Å². The normalized spacial score (nSPS) is 17.4. The number of halogens is 2. The molecule has 0 radical (unpaired) electrons. The summed E-state index contributed by atoms with van der Waals surface area (Å²) in [6.45, 7) is 0. The Hall–Kier alpha value is -0.220. The molecule has 0 bridgehead atoms. The van der Waals surface area contributed by atoms with Gasteiger partial charge in [-0.2, -0.15) is 0 Å². The van der Waals surface area contributed by atoms with Gasteiger partial charge in [0.25, 0.3) is 0 Å².